The number of sulfonamides is 1. The highest BCUT2D eigenvalue weighted by molar-refractivity contribution is 7.90. The van der Waals surface area contributed by atoms with Crippen molar-refractivity contribution in [3.05, 3.63) is 0 Å². The average Bonchev–Trinajstić information content (AvgIpc) is 1.96. The maximum absolute atomic E-state index is 11.9. The molecule has 0 rings (SSSR count). The molecule has 0 bridgehead atoms. The Labute approximate surface area is 92.9 Å². The fourth-order valence-corrected chi connectivity index (χ4v) is 1.95. The first-order valence-electron chi connectivity index (χ1n) is 4.66. The number of hydrogen-bond acceptors (Lipinski definition) is 3. The third-order valence-corrected chi connectivity index (χ3v) is 2.93. The lowest BCUT2D eigenvalue weighted by Crippen LogP contribution is -2.45. The highest BCUT2D eigenvalue weighted by atomic mass is 32.2. The third kappa shape index (κ3) is 5.13. The van der Waals surface area contributed by atoms with Gasteiger partial charge >= 0.3 is 15.5 Å². The van der Waals surface area contributed by atoms with Gasteiger partial charge in [-0.3, -0.25) is 0 Å². The minimum atomic E-state index is -5.38. The summed E-state index contributed by atoms with van der Waals surface area (Å²) in [4.78, 5) is 0. The Bertz CT molecular complexity index is 322. The zero-order valence-electron chi connectivity index (χ0n) is 9.30. The highest BCUT2D eigenvalue weighted by Gasteiger charge is 2.46. The molecule has 98 valence electrons. The van der Waals surface area contributed by atoms with Crippen LogP contribution in [0, 0.1) is 5.92 Å². The van der Waals surface area contributed by atoms with Gasteiger partial charge in [0.1, 0.15) is 0 Å². The maximum atomic E-state index is 11.9. The molecule has 16 heavy (non-hydrogen) atoms. The maximum Gasteiger partial charge on any atom is 0.511 e. The van der Waals surface area contributed by atoms with Crippen molar-refractivity contribution in [3.8, 4) is 0 Å². The molecule has 0 aliphatic heterocycles. The average molecular weight is 263 g/mol. The van der Waals surface area contributed by atoms with Gasteiger partial charge in [0, 0.05) is 6.54 Å². The molecular weight excluding hydrogens is 247 g/mol. The SMILES string of the molecule is CC(C)CC(C)(O)CNS(=O)(=O)C(F)(F)F. The molecule has 0 fully saturated rings. The second-order valence-corrected chi connectivity index (χ2v) is 6.12. The molecule has 0 aliphatic rings. The molecule has 0 aliphatic carbocycles. The highest BCUT2D eigenvalue weighted by Crippen LogP contribution is 2.23. The van der Waals surface area contributed by atoms with Crippen molar-refractivity contribution >= 4 is 10.0 Å². The van der Waals surface area contributed by atoms with Gasteiger partial charge in [0.15, 0.2) is 0 Å². The fraction of sp³-hybridized carbons (Fsp3) is 1.00. The van der Waals surface area contributed by atoms with E-state index >= 15 is 0 Å². The van der Waals surface area contributed by atoms with Crippen molar-refractivity contribution in [1.29, 1.82) is 0 Å². The zero-order valence-corrected chi connectivity index (χ0v) is 10.1. The largest absolute Gasteiger partial charge is 0.511 e. The lowest BCUT2D eigenvalue weighted by atomic mass is 9.95. The van der Waals surface area contributed by atoms with Crippen molar-refractivity contribution in [2.75, 3.05) is 6.54 Å². The number of halogens is 3. The summed E-state index contributed by atoms with van der Waals surface area (Å²) in [6, 6.07) is 0. The number of rotatable bonds is 5. The summed E-state index contributed by atoms with van der Waals surface area (Å²) >= 11 is 0. The van der Waals surface area contributed by atoms with E-state index in [1.54, 1.807) is 13.8 Å². The normalized spacial score (nSPS) is 17.5. The summed E-state index contributed by atoms with van der Waals surface area (Å²) in [5, 5.41) is 9.62. The summed E-state index contributed by atoms with van der Waals surface area (Å²) in [5.74, 6) is 0.0467. The van der Waals surface area contributed by atoms with E-state index in [-0.39, 0.29) is 12.3 Å². The third-order valence-electron chi connectivity index (χ3n) is 1.80. The quantitative estimate of drug-likeness (QED) is 0.784. The van der Waals surface area contributed by atoms with Crippen LogP contribution in [-0.2, 0) is 10.0 Å². The van der Waals surface area contributed by atoms with Gasteiger partial charge in [-0.05, 0) is 19.3 Å². The van der Waals surface area contributed by atoms with Gasteiger partial charge in [0.25, 0.3) is 0 Å². The van der Waals surface area contributed by atoms with Gasteiger partial charge < -0.3 is 5.11 Å². The summed E-state index contributed by atoms with van der Waals surface area (Å²) < 4.78 is 58.4. The Hall–Kier alpha value is -0.340. The molecule has 8 heteroatoms. The predicted octanol–water partition coefficient (Wildman–Crippen LogP) is 1.22. The van der Waals surface area contributed by atoms with Crippen LogP contribution >= 0.6 is 0 Å². The van der Waals surface area contributed by atoms with Crippen molar-refractivity contribution in [2.45, 2.75) is 38.3 Å². The molecule has 0 saturated heterocycles. The standard InChI is InChI=1S/C8H16F3NO3S/c1-6(2)4-7(3,13)5-12-16(14,15)8(9,10)11/h6,12-13H,4-5H2,1-3H3. The molecule has 0 spiro atoms. The van der Waals surface area contributed by atoms with Gasteiger partial charge in [-0.1, -0.05) is 13.8 Å². The molecule has 4 nitrogen and oxygen atoms in total. The van der Waals surface area contributed by atoms with E-state index in [9.17, 15) is 26.7 Å². The Morgan fingerprint density at radius 2 is 1.75 bits per heavy atom. The van der Waals surface area contributed by atoms with Crippen LogP contribution in [0.4, 0.5) is 13.2 Å². The van der Waals surface area contributed by atoms with Crippen LogP contribution in [0.25, 0.3) is 0 Å². The van der Waals surface area contributed by atoms with Crippen molar-refractivity contribution in [1.82, 2.24) is 4.72 Å². The van der Waals surface area contributed by atoms with Crippen LogP contribution in [0.1, 0.15) is 27.2 Å². The van der Waals surface area contributed by atoms with E-state index < -0.39 is 27.7 Å². The van der Waals surface area contributed by atoms with Crippen molar-refractivity contribution < 1.29 is 26.7 Å². The van der Waals surface area contributed by atoms with E-state index in [0.29, 0.717) is 0 Å². The first-order valence-corrected chi connectivity index (χ1v) is 6.14. The summed E-state index contributed by atoms with van der Waals surface area (Å²) in [5.41, 5.74) is -6.84. The number of alkyl halides is 3. The molecule has 2 N–H and O–H groups in total. The van der Waals surface area contributed by atoms with E-state index in [4.69, 9.17) is 0 Å². The van der Waals surface area contributed by atoms with E-state index in [0.717, 1.165) is 0 Å². The monoisotopic (exact) mass is 263 g/mol. The second-order valence-electron chi connectivity index (χ2n) is 4.37. The molecule has 0 aromatic heterocycles. The van der Waals surface area contributed by atoms with Crippen molar-refractivity contribution in [3.63, 3.8) is 0 Å². The molecule has 1 unspecified atom stereocenters. The fourth-order valence-electron chi connectivity index (χ4n) is 1.28. The Morgan fingerprint density at radius 3 is 2.06 bits per heavy atom. The van der Waals surface area contributed by atoms with Crippen LogP contribution in [0.5, 0.6) is 0 Å². The van der Waals surface area contributed by atoms with Crippen LogP contribution in [0.2, 0.25) is 0 Å². The van der Waals surface area contributed by atoms with E-state index in [2.05, 4.69) is 0 Å². The van der Waals surface area contributed by atoms with Gasteiger partial charge in [-0.25, -0.2) is 13.1 Å². The van der Waals surface area contributed by atoms with Gasteiger partial charge in [0.2, 0.25) is 0 Å². The first kappa shape index (κ1) is 15.7. The smallest absolute Gasteiger partial charge is 0.389 e. The molecule has 0 heterocycles. The summed E-state index contributed by atoms with van der Waals surface area (Å²) in [7, 11) is -5.38. The topological polar surface area (TPSA) is 66.4 Å². The van der Waals surface area contributed by atoms with Crippen LogP contribution in [0.15, 0.2) is 0 Å². The Balaban J connectivity index is 4.47. The zero-order chi connectivity index (χ0) is 13.2. The van der Waals surface area contributed by atoms with E-state index in [1.807, 2.05) is 0 Å². The second kappa shape index (κ2) is 4.89. The van der Waals surface area contributed by atoms with Gasteiger partial charge in [-0.2, -0.15) is 13.2 Å². The first-order chi connectivity index (χ1) is 6.87. The molecule has 0 amide bonds. The Kier molecular flexibility index (Phi) is 4.78. The number of nitrogens with one attached hydrogen (secondary N) is 1. The molecular formula is C8H16F3NO3S. The van der Waals surface area contributed by atoms with Gasteiger partial charge in [-0.15, -0.1) is 0 Å². The minimum absolute atomic E-state index is 0.0467. The Morgan fingerprint density at radius 1 is 1.31 bits per heavy atom. The lowest BCUT2D eigenvalue weighted by molar-refractivity contribution is -0.0456. The number of aliphatic hydroxyl groups is 1. The molecule has 0 aromatic carbocycles. The lowest BCUT2D eigenvalue weighted by Gasteiger charge is -2.25. The molecule has 1 atom stereocenters. The summed E-state index contributed by atoms with van der Waals surface area (Å²) in [6.07, 6.45) is 0.202. The van der Waals surface area contributed by atoms with Crippen LogP contribution < -0.4 is 4.72 Å². The number of hydrogen-bond donors (Lipinski definition) is 2. The van der Waals surface area contributed by atoms with Gasteiger partial charge in [0.05, 0.1) is 5.60 Å². The van der Waals surface area contributed by atoms with Crippen LogP contribution in [-0.4, -0.2) is 31.2 Å². The molecule has 0 aromatic rings. The molecule has 0 radical (unpaired) electrons. The molecule has 0 saturated carbocycles. The summed E-state index contributed by atoms with van der Waals surface area (Å²) in [6.45, 7) is 4.17. The predicted molar refractivity (Wildman–Crippen MR) is 53.1 cm³/mol. The van der Waals surface area contributed by atoms with E-state index in [1.165, 1.54) is 11.6 Å². The van der Waals surface area contributed by atoms with Crippen molar-refractivity contribution in [2.24, 2.45) is 5.92 Å². The minimum Gasteiger partial charge on any atom is -0.389 e. The van der Waals surface area contributed by atoms with Crippen LogP contribution in [0.3, 0.4) is 0 Å².